The number of rotatable bonds is 0. The monoisotopic (exact) mass is 283 g/mol. The van der Waals surface area contributed by atoms with Gasteiger partial charge in [-0.2, -0.15) is 0 Å². The Hall–Kier alpha value is -1.85. The molecule has 0 radical (unpaired) electrons. The fourth-order valence-corrected chi connectivity index (χ4v) is 3.01. The summed E-state index contributed by atoms with van der Waals surface area (Å²) in [5.74, 6) is -2.72. The zero-order valence-corrected chi connectivity index (χ0v) is 10.8. The number of para-hydroxylation sites is 1. The van der Waals surface area contributed by atoms with Crippen LogP contribution in [-0.2, 0) is 5.92 Å². The van der Waals surface area contributed by atoms with Crippen molar-refractivity contribution in [2.45, 2.75) is 30.8 Å². The third-order valence-corrected chi connectivity index (χ3v) is 4.10. The van der Waals surface area contributed by atoms with Crippen molar-refractivity contribution in [2.75, 3.05) is 13.1 Å². The van der Waals surface area contributed by atoms with E-state index in [1.807, 2.05) is 0 Å². The number of carbonyl (C=O) groups is 1. The maximum atomic E-state index is 14.3. The maximum absolute atomic E-state index is 14.3. The zero-order chi connectivity index (χ0) is 14.4. The number of nitrogens with zero attached hydrogens (tertiary/aromatic N) is 1. The number of halogens is 2. The lowest BCUT2D eigenvalue weighted by molar-refractivity contribution is -0.123. The van der Waals surface area contributed by atoms with E-state index < -0.39 is 17.6 Å². The SMILES string of the molecule is O=C(O)N1CCC2(CC1)CC(F)(F)c1ccccc1O2. The molecular weight excluding hydrogens is 268 g/mol. The minimum atomic E-state index is -2.93. The quantitative estimate of drug-likeness (QED) is 0.796. The summed E-state index contributed by atoms with van der Waals surface area (Å²) in [4.78, 5) is 12.1. The van der Waals surface area contributed by atoms with Gasteiger partial charge in [-0.05, 0) is 12.1 Å². The van der Waals surface area contributed by atoms with Crippen LogP contribution in [0.25, 0.3) is 0 Å². The van der Waals surface area contributed by atoms with E-state index in [-0.39, 0.29) is 30.8 Å². The Morgan fingerprint density at radius 3 is 2.55 bits per heavy atom. The molecule has 0 atom stereocenters. The molecule has 1 aromatic carbocycles. The number of benzene rings is 1. The highest BCUT2D eigenvalue weighted by molar-refractivity contribution is 5.65. The van der Waals surface area contributed by atoms with Crippen LogP contribution in [0.15, 0.2) is 24.3 Å². The lowest BCUT2D eigenvalue weighted by Gasteiger charge is -2.46. The lowest BCUT2D eigenvalue weighted by Crippen LogP contribution is -2.53. The molecule has 0 aliphatic carbocycles. The smallest absolute Gasteiger partial charge is 0.407 e. The molecule has 2 aliphatic heterocycles. The minimum absolute atomic E-state index is 0.0775. The van der Waals surface area contributed by atoms with Crippen LogP contribution in [0.5, 0.6) is 5.75 Å². The Morgan fingerprint density at radius 1 is 1.25 bits per heavy atom. The summed E-state index contributed by atoms with van der Waals surface area (Å²) in [6.07, 6.45) is -0.806. The van der Waals surface area contributed by atoms with Gasteiger partial charge >= 0.3 is 6.09 Å². The van der Waals surface area contributed by atoms with Gasteiger partial charge in [-0.1, -0.05) is 12.1 Å². The summed E-state index contributed by atoms with van der Waals surface area (Å²) < 4.78 is 34.4. The van der Waals surface area contributed by atoms with Crippen molar-refractivity contribution >= 4 is 6.09 Å². The number of fused-ring (bicyclic) bond motifs is 1. The molecule has 6 heteroatoms. The molecule has 0 aromatic heterocycles. The van der Waals surface area contributed by atoms with Crippen LogP contribution < -0.4 is 4.74 Å². The van der Waals surface area contributed by atoms with Gasteiger partial charge in [0.05, 0.1) is 12.0 Å². The average Bonchev–Trinajstić information content (AvgIpc) is 2.38. The van der Waals surface area contributed by atoms with Crippen LogP contribution in [0.1, 0.15) is 24.8 Å². The Kier molecular flexibility index (Phi) is 2.84. The number of alkyl halides is 2. The number of hydrogen-bond donors (Lipinski definition) is 1. The second-order valence-corrected chi connectivity index (χ2v) is 5.43. The molecule has 0 unspecified atom stereocenters. The van der Waals surface area contributed by atoms with Gasteiger partial charge in [-0.15, -0.1) is 0 Å². The Labute approximate surface area is 114 Å². The van der Waals surface area contributed by atoms with Gasteiger partial charge in [0.15, 0.2) is 0 Å². The number of piperidine rings is 1. The third kappa shape index (κ3) is 2.09. The van der Waals surface area contributed by atoms with Crippen molar-refractivity contribution in [1.29, 1.82) is 0 Å². The van der Waals surface area contributed by atoms with Crippen molar-refractivity contribution < 1.29 is 23.4 Å². The average molecular weight is 283 g/mol. The summed E-state index contributed by atoms with van der Waals surface area (Å²) >= 11 is 0. The zero-order valence-electron chi connectivity index (χ0n) is 10.8. The normalized spacial score (nSPS) is 23.0. The molecule has 1 N–H and O–H groups in total. The van der Waals surface area contributed by atoms with Crippen LogP contribution in [0.3, 0.4) is 0 Å². The molecule has 1 aromatic rings. The minimum Gasteiger partial charge on any atom is -0.486 e. The van der Waals surface area contributed by atoms with E-state index in [2.05, 4.69) is 0 Å². The van der Waals surface area contributed by atoms with Crippen molar-refractivity contribution in [3.63, 3.8) is 0 Å². The molecule has 4 nitrogen and oxygen atoms in total. The summed E-state index contributed by atoms with van der Waals surface area (Å²) in [6.45, 7) is 0.459. The third-order valence-electron chi connectivity index (χ3n) is 4.10. The highest BCUT2D eigenvalue weighted by atomic mass is 19.3. The summed E-state index contributed by atoms with van der Waals surface area (Å²) in [5, 5.41) is 8.92. The number of carboxylic acid groups (broad SMARTS) is 1. The van der Waals surface area contributed by atoms with E-state index in [4.69, 9.17) is 9.84 Å². The first-order chi connectivity index (χ1) is 9.42. The first kappa shape index (κ1) is 13.1. The van der Waals surface area contributed by atoms with Crippen LogP contribution in [0.4, 0.5) is 13.6 Å². The Balaban J connectivity index is 1.86. The largest absolute Gasteiger partial charge is 0.486 e. The second kappa shape index (κ2) is 4.33. The van der Waals surface area contributed by atoms with Gasteiger partial charge in [0, 0.05) is 25.9 Å². The highest BCUT2D eigenvalue weighted by Gasteiger charge is 2.52. The summed E-state index contributed by atoms with van der Waals surface area (Å²) in [5.41, 5.74) is -1.03. The Bertz CT molecular complexity index is 539. The first-order valence-electron chi connectivity index (χ1n) is 6.56. The molecule has 1 saturated heterocycles. The summed E-state index contributed by atoms with van der Waals surface area (Å²) in [7, 11) is 0. The molecule has 20 heavy (non-hydrogen) atoms. The van der Waals surface area contributed by atoms with Crippen LogP contribution >= 0.6 is 0 Å². The van der Waals surface area contributed by atoms with E-state index in [0.717, 1.165) is 0 Å². The molecule has 0 bridgehead atoms. The van der Waals surface area contributed by atoms with Gasteiger partial charge in [0.2, 0.25) is 0 Å². The molecule has 3 rings (SSSR count). The van der Waals surface area contributed by atoms with E-state index in [0.29, 0.717) is 12.8 Å². The fourth-order valence-electron chi connectivity index (χ4n) is 3.01. The van der Waals surface area contributed by atoms with Gasteiger partial charge in [-0.3, -0.25) is 0 Å². The van der Waals surface area contributed by atoms with Crippen molar-refractivity contribution in [3.8, 4) is 5.75 Å². The second-order valence-electron chi connectivity index (χ2n) is 5.43. The first-order valence-corrected chi connectivity index (χ1v) is 6.56. The van der Waals surface area contributed by atoms with Gasteiger partial charge in [-0.25, -0.2) is 13.6 Å². The molecule has 2 aliphatic rings. The van der Waals surface area contributed by atoms with Crippen LogP contribution in [0, 0.1) is 0 Å². The van der Waals surface area contributed by atoms with Gasteiger partial charge < -0.3 is 14.7 Å². The van der Waals surface area contributed by atoms with E-state index in [1.54, 1.807) is 18.2 Å². The predicted molar refractivity (Wildman–Crippen MR) is 67.1 cm³/mol. The standard InChI is InChI=1S/C14H15F2NO3/c15-14(16)9-13(5-7-17(8-6-13)12(18)19)20-11-4-2-1-3-10(11)14/h1-4H,5-9H2,(H,18,19). The van der Waals surface area contributed by atoms with Crippen LogP contribution in [0.2, 0.25) is 0 Å². The molecular formula is C14H15F2NO3. The topological polar surface area (TPSA) is 49.8 Å². The van der Waals surface area contributed by atoms with E-state index in [1.165, 1.54) is 11.0 Å². The fraction of sp³-hybridized carbons (Fsp3) is 0.500. The predicted octanol–water partition coefficient (Wildman–Crippen LogP) is 3.07. The number of ether oxygens (including phenoxy) is 1. The van der Waals surface area contributed by atoms with Crippen molar-refractivity contribution in [3.05, 3.63) is 29.8 Å². The summed E-state index contributed by atoms with van der Waals surface area (Å²) in [6, 6.07) is 6.17. The van der Waals surface area contributed by atoms with Crippen molar-refractivity contribution in [2.24, 2.45) is 0 Å². The van der Waals surface area contributed by atoms with Crippen molar-refractivity contribution in [1.82, 2.24) is 4.90 Å². The highest BCUT2D eigenvalue weighted by Crippen LogP contribution is 2.50. The molecule has 0 saturated carbocycles. The molecule has 1 spiro atoms. The number of hydrogen-bond acceptors (Lipinski definition) is 2. The van der Waals surface area contributed by atoms with E-state index >= 15 is 0 Å². The van der Waals surface area contributed by atoms with Crippen LogP contribution in [-0.4, -0.2) is 34.8 Å². The maximum Gasteiger partial charge on any atom is 0.407 e. The lowest BCUT2D eigenvalue weighted by atomic mass is 9.81. The van der Waals surface area contributed by atoms with Gasteiger partial charge in [0.25, 0.3) is 5.92 Å². The molecule has 1 fully saturated rings. The van der Waals surface area contributed by atoms with Gasteiger partial charge in [0.1, 0.15) is 11.4 Å². The number of amides is 1. The molecule has 2 heterocycles. The number of likely N-dealkylation sites (tertiary alicyclic amines) is 1. The van der Waals surface area contributed by atoms with E-state index in [9.17, 15) is 13.6 Å². The Morgan fingerprint density at radius 2 is 1.90 bits per heavy atom. The molecule has 1 amide bonds. The molecule has 108 valence electrons.